The maximum absolute atomic E-state index is 12.8. The van der Waals surface area contributed by atoms with Gasteiger partial charge in [0, 0.05) is 6.04 Å². The van der Waals surface area contributed by atoms with E-state index in [1.807, 2.05) is 0 Å². The van der Waals surface area contributed by atoms with E-state index in [0.717, 1.165) is 44.2 Å². The number of imidazole rings is 1. The van der Waals surface area contributed by atoms with Crippen molar-refractivity contribution in [3.8, 4) is 0 Å². The summed E-state index contributed by atoms with van der Waals surface area (Å²) in [5.41, 5.74) is -0.204. The molecule has 3 nitrogen and oxygen atoms in total. The van der Waals surface area contributed by atoms with Crippen molar-refractivity contribution in [3.63, 3.8) is 0 Å². The maximum Gasteiger partial charge on any atom is 0.416 e. The summed E-state index contributed by atoms with van der Waals surface area (Å²) in [5, 5.41) is 0. The van der Waals surface area contributed by atoms with Gasteiger partial charge in [-0.05, 0) is 31.0 Å². The van der Waals surface area contributed by atoms with E-state index in [9.17, 15) is 18.0 Å². The topological polar surface area (TPSA) is 37.8 Å². The molecule has 1 aliphatic rings. The summed E-state index contributed by atoms with van der Waals surface area (Å²) in [6.45, 7) is 0. The highest BCUT2D eigenvalue weighted by Gasteiger charge is 2.31. The largest absolute Gasteiger partial charge is 0.416 e. The van der Waals surface area contributed by atoms with Gasteiger partial charge in [0.25, 0.3) is 0 Å². The standard InChI is InChI=1S/C14H15F3N2O/c15-14(16,17)9-6-7-11-12(8-9)19(13(20)18-11)10-4-2-1-3-5-10/h6-8,10H,1-5H2,(H,18,20). The Morgan fingerprint density at radius 2 is 1.85 bits per heavy atom. The van der Waals surface area contributed by atoms with Crippen molar-refractivity contribution in [1.82, 2.24) is 9.55 Å². The molecule has 1 saturated carbocycles. The Labute approximate surface area is 113 Å². The van der Waals surface area contributed by atoms with Crippen molar-refractivity contribution in [1.29, 1.82) is 0 Å². The number of nitrogens with one attached hydrogen (secondary N) is 1. The molecule has 0 radical (unpaired) electrons. The smallest absolute Gasteiger partial charge is 0.306 e. The number of aromatic amines is 1. The molecule has 1 aliphatic carbocycles. The summed E-state index contributed by atoms with van der Waals surface area (Å²) in [5.74, 6) is 0. The number of benzene rings is 1. The highest BCUT2D eigenvalue weighted by Crippen LogP contribution is 2.33. The second kappa shape index (κ2) is 4.68. The molecule has 108 valence electrons. The van der Waals surface area contributed by atoms with E-state index in [4.69, 9.17) is 0 Å². The molecule has 1 heterocycles. The summed E-state index contributed by atoms with van der Waals surface area (Å²) in [6.07, 6.45) is 0.470. The predicted molar refractivity (Wildman–Crippen MR) is 69.7 cm³/mol. The fourth-order valence-corrected chi connectivity index (χ4v) is 3.00. The average Bonchev–Trinajstić information content (AvgIpc) is 2.73. The summed E-state index contributed by atoms with van der Waals surface area (Å²) < 4.78 is 39.9. The number of aromatic nitrogens is 2. The highest BCUT2D eigenvalue weighted by molar-refractivity contribution is 5.76. The van der Waals surface area contributed by atoms with Gasteiger partial charge >= 0.3 is 11.9 Å². The van der Waals surface area contributed by atoms with E-state index in [1.165, 1.54) is 10.6 Å². The van der Waals surface area contributed by atoms with Crippen LogP contribution in [0.25, 0.3) is 11.0 Å². The van der Waals surface area contributed by atoms with Gasteiger partial charge in [-0.2, -0.15) is 13.2 Å². The lowest BCUT2D eigenvalue weighted by atomic mass is 9.95. The second-order valence-electron chi connectivity index (χ2n) is 5.32. The third-order valence-electron chi connectivity index (χ3n) is 3.98. The summed E-state index contributed by atoms with van der Waals surface area (Å²) in [7, 11) is 0. The fraction of sp³-hybridized carbons (Fsp3) is 0.500. The van der Waals surface area contributed by atoms with Crippen LogP contribution < -0.4 is 5.69 Å². The quantitative estimate of drug-likeness (QED) is 0.848. The summed E-state index contributed by atoms with van der Waals surface area (Å²) >= 11 is 0. The van der Waals surface area contributed by atoms with Crippen LogP contribution in [0.1, 0.15) is 43.7 Å². The van der Waals surface area contributed by atoms with E-state index >= 15 is 0 Å². The van der Waals surface area contributed by atoms with Crippen molar-refractivity contribution < 1.29 is 13.2 Å². The van der Waals surface area contributed by atoms with Crippen molar-refractivity contribution >= 4 is 11.0 Å². The number of hydrogen-bond donors (Lipinski definition) is 1. The van der Waals surface area contributed by atoms with E-state index in [1.54, 1.807) is 0 Å². The van der Waals surface area contributed by atoms with Crippen LogP contribution in [0.3, 0.4) is 0 Å². The molecule has 1 N–H and O–H groups in total. The normalized spacial score (nSPS) is 17.8. The number of H-pyrrole nitrogens is 1. The summed E-state index contributed by atoms with van der Waals surface area (Å²) in [4.78, 5) is 14.7. The molecular weight excluding hydrogens is 269 g/mol. The van der Waals surface area contributed by atoms with E-state index in [-0.39, 0.29) is 11.7 Å². The molecule has 1 aromatic heterocycles. The maximum atomic E-state index is 12.8. The third-order valence-corrected chi connectivity index (χ3v) is 3.98. The second-order valence-corrected chi connectivity index (χ2v) is 5.32. The van der Waals surface area contributed by atoms with Crippen LogP contribution in [0.4, 0.5) is 13.2 Å². The Balaban J connectivity index is 2.15. The zero-order valence-electron chi connectivity index (χ0n) is 10.8. The fourth-order valence-electron chi connectivity index (χ4n) is 3.00. The molecule has 6 heteroatoms. The van der Waals surface area contributed by atoms with Crippen molar-refractivity contribution in [2.45, 2.75) is 44.3 Å². The summed E-state index contributed by atoms with van der Waals surface area (Å²) in [6, 6.07) is 3.41. The Morgan fingerprint density at radius 1 is 1.15 bits per heavy atom. The average molecular weight is 284 g/mol. The molecule has 0 aliphatic heterocycles. The minimum atomic E-state index is -4.39. The molecule has 0 bridgehead atoms. The Kier molecular flexibility index (Phi) is 3.11. The van der Waals surface area contributed by atoms with E-state index in [0.29, 0.717) is 11.0 Å². The van der Waals surface area contributed by atoms with Crippen molar-refractivity contribution in [2.24, 2.45) is 0 Å². The van der Waals surface area contributed by atoms with Crippen LogP contribution >= 0.6 is 0 Å². The van der Waals surface area contributed by atoms with E-state index < -0.39 is 11.7 Å². The predicted octanol–water partition coefficient (Wildman–Crippen LogP) is 3.85. The zero-order chi connectivity index (χ0) is 14.3. The minimum Gasteiger partial charge on any atom is -0.306 e. The van der Waals surface area contributed by atoms with E-state index in [2.05, 4.69) is 4.98 Å². The number of halogens is 3. The Hall–Kier alpha value is -1.72. The van der Waals surface area contributed by atoms with Crippen molar-refractivity contribution in [3.05, 3.63) is 34.2 Å². The number of alkyl halides is 3. The van der Waals surface area contributed by atoms with Gasteiger partial charge in [-0.3, -0.25) is 4.57 Å². The zero-order valence-corrected chi connectivity index (χ0v) is 10.8. The van der Waals surface area contributed by atoms with Gasteiger partial charge < -0.3 is 4.98 Å². The molecule has 3 rings (SSSR count). The first kappa shape index (κ1) is 13.3. The van der Waals surface area contributed by atoms with Gasteiger partial charge in [0.2, 0.25) is 0 Å². The van der Waals surface area contributed by atoms with Crippen LogP contribution in [-0.4, -0.2) is 9.55 Å². The molecule has 1 aromatic carbocycles. The number of nitrogens with zero attached hydrogens (tertiary/aromatic N) is 1. The van der Waals surface area contributed by atoms with Crippen molar-refractivity contribution in [2.75, 3.05) is 0 Å². The van der Waals surface area contributed by atoms with Gasteiger partial charge in [0.15, 0.2) is 0 Å². The molecule has 0 spiro atoms. The first-order valence-corrected chi connectivity index (χ1v) is 6.78. The highest BCUT2D eigenvalue weighted by atomic mass is 19.4. The van der Waals surface area contributed by atoms with Crippen LogP contribution in [0.2, 0.25) is 0 Å². The lowest BCUT2D eigenvalue weighted by molar-refractivity contribution is -0.137. The third kappa shape index (κ3) is 2.23. The van der Waals surface area contributed by atoms with Gasteiger partial charge in [0.1, 0.15) is 0 Å². The number of rotatable bonds is 1. The van der Waals surface area contributed by atoms with Crippen LogP contribution in [0.15, 0.2) is 23.0 Å². The monoisotopic (exact) mass is 284 g/mol. The SMILES string of the molecule is O=c1[nH]c2ccc(C(F)(F)F)cc2n1C1CCCCC1. The molecule has 2 aromatic rings. The van der Waals surface area contributed by atoms with Gasteiger partial charge in [-0.25, -0.2) is 4.79 Å². The van der Waals surface area contributed by atoms with Gasteiger partial charge in [-0.15, -0.1) is 0 Å². The molecular formula is C14H15F3N2O. The molecule has 20 heavy (non-hydrogen) atoms. The number of hydrogen-bond acceptors (Lipinski definition) is 1. The molecule has 0 atom stereocenters. The molecule has 0 saturated heterocycles. The molecule has 0 amide bonds. The van der Waals surface area contributed by atoms with Gasteiger partial charge in [-0.1, -0.05) is 19.3 Å². The lowest BCUT2D eigenvalue weighted by Crippen LogP contribution is -2.24. The first-order chi connectivity index (χ1) is 9.47. The van der Waals surface area contributed by atoms with Gasteiger partial charge in [0.05, 0.1) is 16.6 Å². The number of fused-ring (bicyclic) bond motifs is 1. The van der Waals surface area contributed by atoms with Crippen LogP contribution in [0, 0.1) is 0 Å². The molecule has 1 fully saturated rings. The molecule has 0 unspecified atom stereocenters. The Bertz CT molecular complexity index is 678. The van der Waals surface area contributed by atoms with Crippen LogP contribution in [0.5, 0.6) is 0 Å². The Morgan fingerprint density at radius 3 is 2.50 bits per heavy atom. The lowest BCUT2D eigenvalue weighted by Gasteiger charge is -2.23. The first-order valence-electron chi connectivity index (χ1n) is 6.78. The van der Waals surface area contributed by atoms with Crippen LogP contribution in [-0.2, 0) is 6.18 Å². The minimum absolute atomic E-state index is 0.00786.